The zero-order chi connectivity index (χ0) is 24.1. The van der Waals surface area contributed by atoms with E-state index in [-0.39, 0.29) is 34.9 Å². The summed E-state index contributed by atoms with van der Waals surface area (Å²) in [5.74, 6) is 0.827. The Bertz CT molecular complexity index is 1370. The van der Waals surface area contributed by atoms with Crippen LogP contribution in [0.4, 0.5) is 5.69 Å². The molecular formula is C23H20ClN5O4S. The van der Waals surface area contributed by atoms with E-state index < -0.39 is 0 Å². The molecule has 174 valence electrons. The van der Waals surface area contributed by atoms with Crippen molar-refractivity contribution in [2.24, 2.45) is 0 Å². The zero-order valence-electron chi connectivity index (χ0n) is 18.3. The minimum Gasteiger partial charge on any atom is -0.497 e. The summed E-state index contributed by atoms with van der Waals surface area (Å²) in [7, 11) is 3.06. The summed E-state index contributed by atoms with van der Waals surface area (Å²) < 4.78 is 12.0. The van der Waals surface area contributed by atoms with Gasteiger partial charge in [0.2, 0.25) is 5.91 Å². The Morgan fingerprint density at radius 1 is 1.06 bits per heavy atom. The van der Waals surface area contributed by atoms with Crippen LogP contribution in [0.5, 0.6) is 11.5 Å². The molecule has 0 fully saturated rings. The number of aromatic nitrogens is 4. The lowest BCUT2D eigenvalue weighted by Crippen LogP contribution is -2.25. The van der Waals surface area contributed by atoms with Crippen LogP contribution in [0.15, 0.2) is 64.8 Å². The molecule has 1 N–H and O–H groups in total. The van der Waals surface area contributed by atoms with E-state index in [1.807, 2.05) is 12.1 Å². The highest BCUT2D eigenvalue weighted by Gasteiger charge is 2.16. The van der Waals surface area contributed by atoms with Gasteiger partial charge in [0.15, 0.2) is 16.3 Å². The van der Waals surface area contributed by atoms with Crippen molar-refractivity contribution < 1.29 is 14.3 Å². The predicted octanol–water partition coefficient (Wildman–Crippen LogP) is 3.64. The number of amides is 1. The van der Waals surface area contributed by atoms with Gasteiger partial charge in [-0.25, -0.2) is 15.0 Å². The second-order valence-corrected chi connectivity index (χ2v) is 8.46. The maximum atomic E-state index is 13.2. The van der Waals surface area contributed by atoms with Gasteiger partial charge in [-0.2, -0.15) is 0 Å². The summed E-state index contributed by atoms with van der Waals surface area (Å²) in [6, 6.07) is 12.2. The number of nitrogens with one attached hydrogen (secondary N) is 1. The molecule has 34 heavy (non-hydrogen) atoms. The molecule has 4 rings (SSSR count). The monoisotopic (exact) mass is 497 g/mol. The van der Waals surface area contributed by atoms with Gasteiger partial charge in [0.05, 0.1) is 26.5 Å². The molecule has 0 radical (unpaired) electrons. The van der Waals surface area contributed by atoms with E-state index in [0.29, 0.717) is 27.4 Å². The molecule has 0 unspecified atom stereocenters. The standard InChI is InChI=1S/C23H20ClN5O4S/c1-32-17-9-16(10-18(11-17)33-2)27-19(30)13-34-23-28-21-20(25-7-8-26-21)22(31)29(23)12-14-3-5-15(24)6-4-14/h3-11H,12-13H2,1-2H3,(H,27,30). The average Bonchev–Trinajstić information content (AvgIpc) is 2.85. The summed E-state index contributed by atoms with van der Waals surface area (Å²) in [6.07, 6.45) is 2.91. The van der Waals surface area contributed by atoms with Crippen molar-refractivity contribution in [1.82, 2.24) is 19.5 Å². The minimum absolute atomic E-state index is 0.0123. The minimum atomic E-state index is -0.339. The van der Waals surface area contributed by atoms with Gasteiger partial charge in [-0.15, -0.1) is 0 Å². The van der Waals surface area contributed by atoms with E-state index in [1.165, 1.54) is 31.2 Å². The van der Waals surface area contributed by atoms with E-state index >= 15 is 0 Å². The van der Waals surface area contributed by atoms with Crippen LogP contribution in [0.1, 0.15) is 5.56 Å². The van der Waals surface area contributed by atoms with E-state index in [0.717, 1.165) is 17.3 Å². The predicted molar refractivity (Wildman–Crippen MR) is 131 cm³/mol. The summed E-state index contributed by atoms with van der Waals surface area (Å²) in [6.45, 7) is 0.243. The molecule has 2 aromatic heterocycles. The number of ether oxygens (including phenoxy) is 2. The van der Waals surface area contributed by atoms with Gasteiger partial charge in [0, 0.05) is 41.3 Å². The Morgan fingerprint density at radius 2 is 1.74 bits per heavy atom. The number of halogens is 1. The van der Waals surface area contributed by atoms with Crippen LogP contribution in [0, 0.1) is 0 Å². The van der Waals surface area contributed by atoms with Crippen LogP contribution in [-0.4, -0.2) is 45.4 Å². The van der Waals surface area contributed by atoms with Crippen molar-refractivity contribution >= 4 is 46.1 Å². The molecule has 0 atom stereocenters. The average molecular weight is 498 g/mol. The number of fused-ring (bicyclic) bond motifs is 1. The quantitative estimate of drug-likeness (QED) is 0.290. The van der Waals surface area contributed by atoms with Crippen LogP contribution in [0.2, 0.25) is 5.02 Å². The first-order chi connectivity index (χ1) is 16.5. The van der Waals surface area contributed by atoms with E-state index in [9.17, 15) is 9.59 Å². The molecule has 1 amide bonds. The molecule has 0 saturated heterocycles. The SMILES string of the molecule is COc1cc(NC(=O)CSc2nc3nccnc3c(=O)n2Cc2ccc(Cl)cc2)cc(OC)c1. The number of thioether (sulfide) groups is 1. The Hall–Kier alpha value is -3.63. The topological polar surface area (TPSA) is 108 Å². The molecule has 0 aliphatic heterocycles. The van der Waals surface area contributed by atoms with Crippen LogP contribution < -0.4 is 20.3 Å². The molecule has 0 aliphatic carbocycles. The first kappa shape index (κ1) is 23.5. The van der Waals surface area contributed by atoms with Crippen LogP contribution >= 0.6 is 23.4 Å². The fraction of sp³-hybridized carbons (Fsp3) is 0.174. The number of carbonyl (C=O) groups is 1. The number of carbonyl (C=O) groups excluding carboxylic acids is 1. The molecule has 0 bridgehead atoms. The third-order valence-electron chi connectivity index (χ3n) is 4.78. The lowest BCUT2D eigenvalue weighted by atomic mass is 10.2. The maximum Gasteiger partial charge on any atom is 0.282 e. The van der Waals surface area contributed by atoms with Gasteiger partial charge >= 0.3 is 0 Å². The van der Waals surface area contributed by atoms with Gasteiger partial charge in [-0.1, -0.05) is 35.5 Å². The van der Waals surface area contributed by atoms with Crippen molar-refractivity contribution in [1.29, 1.82) is 0 Å². The smallest absolute Gasteiger partial charge is 0.282 e. The molecule has 4 aromatic rings. The van der Waals surface area contributed by atoms with E-state index in [1.54, 1.807) is 30.3 Å². The van der Waals surface area contributed by atoms with Crippen molar-refractivity contribution in [3.05, 3.63) is 75.8 Å². The lowest BCUT2D eigenvalue weighted by molar-refractivity contribution is -0.113. The third kappa shape index (κ3) is 5.46. The van der Waals surface area contributed by atoms with Gasteiger partial charge < -0.3 is 14.8 Å². The normalized spacial score (nSPS) is 10.8. The van der Waals surface area contributed by atoms with Gasteiger partial charge in [0.1, 0.15) is 11.5 Å². The highest BCUT2D eigenvalue weighted by Crippen LogP contribution is 2.26. The van der Waals surface area contributed by atoms with Crippen molar-refractivity contribution in [2.45, 2.75) is 11.7 Å². The van der Waals surface area contributed by atoms with Crippen LogP contribution in [-0.2, 0) is 11.3 Å². The van der Waals surface area contributed by atoms with Gasteiger partial charge in [0.25, 0.3) is 5.56 Å². The lowest BCUT2D eigenvalue weighted by Gasteiger charge is -2.13. The molecule has 0 saturated carbocycles. The van der Waals surface area contributed by atoms with E-state index in [2.05, 4.69) is 20.3 Å². The number of benzene rings is 2. The maximum absolute atomic E-state index is 13.2. The summed E-state index contributed by atoms with van der Waals surface area (Å²) in [5.41, 5.74) is 1.42. The Morgan fingerprint density at radius 3 is 2.41 bits per heavy atom. The van der Waals surface area contributed by atoms with Gasteiger partial charge in [-0.05, 0) is 17.7 Å². The largest absolute Gasteiger partial charge is 0.497 e. The van der Waals surface area contributed by atoms with Crippen molar-refractivity contribution in [3.8, 4) is 11.5 Å². The molecular weight excluding hydrogens is 478 g/mol. The molecule has 2 aromatic carbocycles. The Balaban J connectivity index is 1.59. The number of hydrogen-bond acceptors (Lipinski definition) is 8. The molecule has 9 nitrogen and oxygen atoms in total. The fourth-order valence-corrected chi connectivity index (χ4v) is 4.07. The molecule has 2 heterocycles. The highest BCUT2D eigenvalue weighted by atomic mass is 35.5. The first-order valence-corrected chi connectivity index (χ1v) is 11.4. The van der Waals surface area contributed by atoms with Crippen molar-refractivity contribution in [3.63, 3.8) is 0 Å². The number of nitrogens with zero attached hydrogens (tertiary/aromatic N) is 4. The summed E-state index contributed by atoms with van der Waals surface area (Å²) >= 11 is 7.11. The zero-order valence-corrected chi connectivity index (χ0v) is 19.9. The Kier molecular flexibility index (Phi) is 7.29. The molecule has 0 spiro atoms. The second-order valence-electron chi connectivity index (χ2n) is 7.08. The number of rotatable bonds is 8. The van der Waals surface area contributed by atoms with Crippen LogP contribution in [0.25, 0.3) is 11.2 Å². The summed E-state index contributed by atoms with van der Waals surface area (Å²) in [5, 5.41) is 3.76. The first-order valence-electron chi connectivity index (χ1n) is 10.1. The Labute approximate surface area is 204 Å². The van der Waals surface area contributed by atoms with Gasteiger partial charge in [-0.3, -0.25) is 14.2 Å². The fourth-order valence-electron chi connectivity index (χ4n) is 3.16. The number of methoxy groups -OCH3 is 2. The van der Waals surface area contributed by atoms with Crippen LogP contribution in [0.3, 0.4) is 0 Å². The third-order valence-corrected chi connectivity index (χ3v) is 6.01. The second kappa shape index (κ2) is 10.5. The molecule has 11 heteroatoms. The summed E-state index contributed by atoms with van der Waals surface area (Å²) in [4.78, 5) is 38.6. The number of hydrogen-bond donors (Lipinski definition) is 1. The van der Waals surface area contributed by atoms with Crippen molar-refractivity contribution in [2.75, 3.05) is 25.3 Å². The number of anilines is 1. The molecule has 0 aliphatic rings. The van der Waals surface area contributed by atoms with E-state index in [4.69, 9.17) is 21.1 Å². The highest BCUT2D eigenvalue weighted by molar-refractivity contribution is 7.99.